The fourth-order valence-electron chi connectivity index (χ4n) is 2.10. The summed E-state index contributed by atoms with van der Waals surface area (Å²) in [5.74, 6) is -0.339. The van der Waals surface area contributed by atoms with Crippen LogP contribution in [0.3, 0.4) is 0 Å². The van der Waals surface area contributed by atoms with Crippen molar-refractivity contribution >= 4 is 33.2 Å². The number of para-hydroxylation sites is 1. The minimum absolute atomic E-state index is 0.0442. The number of sulfonamides is 1. The Morgan fingerprint density at radius 1 is 1.09 bits per heavy atom. The molecule has 0 aliphatic rings. The van der Waals surface area contributed by atoms with Crippen molar-refractivity contribution < 1.29 is 13.2 Å². The molecule has 7 heteroatoms. The van der Waals surface area contributed by atoms with Crippen LogP contribution in [0.2, 0.25) is 5.02 Å². The van der Waals surface area contributed by atoms with Gasteiger partial charge in [-0.3, -0.25) is 4.79 Å². The fourth-order valence-corrected chi connectivity index (χ4v) is 3.60. The standard InChI is InChI=1S/C16H17ClN2O3S/c1-2-19(13-8-4-3-5-9-13)16(20)12-18-23(21,22)15-11-7-6-10-14(15)17/h3-11,18H,2,12H2,1H3. The van der Waals surface area contributed by atoms with Gasteiger partial charge in [0, 0.05) is 12.2 Å². The molecule has 5 nitrogen and oxygen atoms in total. The van der Waals surface area contributed by atoms with Gasteiger partial charge in [-0.1, -0.05) is 41.9 Å². The molecule has 2 rings (SSSR count). The van der Waals surface area contributed by atoms with Crippen molar-refractivity contribution in [2.24, 2.45) is 0 Å². The smallest absolute Gasteiger partial charge is 0.242 e. The number of nitrogens with one attached hydrogen (secondary N) is 1. The molecule has 23 heavy (non-hydrogen) atoms. The highest BCUT2D eigenvalue weighted by Crippen LogP contribution is 2.20. The Bertz CT molecular complexity index is 779. The lowest BCUT2D eigenvalue weighted by Crippen LogP contribution is -2.40. The molecule has 0 heterocycles. The van der Waals surface area contributed by atoms with E-state index in [1.54, 1.807) is 24.3 Å². The van der Waals surface area contributed by atoms with Crippen molar-refractivity contribution in [3.63, 3.8) is 0 Å². The number of halogens is 1. The van der Waals surface area contributed by atoms with Gasteiger partial charge in [0.2, 0.25) is 15.9 Å². The van der Waals surface area contributed by atoms with Crippen LogP contribution in [0.5, 0.6) is 0 Å². The van der Waals surface area contributed by atoms with Crippen LogP contribution in [0.1, 0.15) is 6.92 Å². The minimum Gasteiger partial charge on any atom is -0.312 e. The van der Waals surface area contributed by atoms with E-state index < -0.39 is 10.0 Å². The lowest BCUT2D eigenvalue weighted by atomic mass is 10.3. The maximum Gasteiger partial charge on any atom is 0.242 e. The molecule has 0 bridgehead atoms. The van der Waals surface area contributed by atoms with Gasteiger partial charge in [-0.05, 0) is 31.2 Å². The van der Waals surface area contributed by atoms with Crippen LogP contribution in [0, 0.1) is 0 Å². The van der Waals surface area contributed by atoms with Crippen LogP contribution in [0.25, 0.3) is 0 Å². The molecule has 0 atom stereocenters. The minimum atomic E-state index is -3.84. The molecule has 0 spiro atoms. The topological polar surface area (TPSA) is 66.5 Å². The van der Waals surface area contributed by atoms with Gasteiger partial charge in [0.1, 0.15) is 4.90 Å². The van der Waals surface area contributed by atoms with Gasteiger partial charge in [-0.25, -0.2) is 13.1 Å². The number of amides is 1. The second kappa shape index (κ2) is 7.59. The maximum atomic E-state index is 12.3. The third kappa shape index (κ3) is 4.31. The summed E-state index contributed by atoms with van der Waals surface area (Å²) in [7, 11) is -3.84. The number of carbonyl (C=O) groups is 1. The van der Waals surface area contributed by atoms with Crippen LogP contribution in [0.4, 0.5) is 5.69 Å². The molecule has 1 amide bonds. The molecule has 0 aromatic heterocycles. The van der Waals surface area contributed by atoms with Gasteiger partial charge in [0.15, 0.2) is 0 Å². The second-order valence-corrected chi connectivity index (χ2v) is 6.87. The average Bonchev–Trinajstić information content (AvgIpc) is 2.55. The Hall–Kier alpha value is -1.89. The number of nitrogens with zero attached hydrogens (tertiary/aromatic N) is 1. The summed E-state index contributed by atoms with van der Waals surface area (Å²) in [6, 6.07) is 15.2. The van der Waals surface area contributed by atoms with Gasteiger partial charge in [0.25, 0.3) is 0 Å². The summed E-state index contributed by atoms with van der Waals surface area (Å²) in [6.45, 7) is 1.93. The number of likely N-dealkylation sites (N-methyl/N-ethyl adjacent to an activating group) is 1. The molecule has 0 radical (unpaired) electrons. The Morgan fingerprint density at radius 3 is 2.30 bits per heavy atom. The van der Waals surface area contributed by atoms with E-state index in [2.05, 4.69) is 4.72 Å². The Morgan fingerprint density at radius 2 is 1.70 bits per heavy atom. The fraction of sp³-hybridized carbons (Fsp3) is 0.188. The molecule has 0 saturated carbocycles. The van der Waals surface area contributed by atoms with E-state index in [9.17, 15) is 13.2 Å². The maximum absolute atomic E-state index is 12.3. The first-order valence-electron chi connectivity index (χ1n) is 7.05. The average molecular weight is 353 g/mol. The number of benzene rings is 2. The Kier molecular flexibility index (Phi) is 5.76. The summed E-state index contributed by atoms with van der Waals surface area (Å²) in [4.78, 5) is 13.8. The van der Waals surface area contributed by atoms with Crippen molar-refractivity contribution in [3.05, 3.63) is 59.6 Å². The van der Waals surface area contributed by atoms with Crippen molar-refractivity contribution in [1.82, 2.24) is 4.72 Å². The number of carbonyl (C=O) groups excluding carboxylic acids is 1. The van der Waals surface area contributed by atoms with Gasteiger partial charge in [-0.15, -0.1) is 0 Å². The van der Waals surface area contributed by atoms with Crippen LogP contribution in [-0.4, -0.2) is 27.4 Å². The third-order valence-electron chi connectivity index (χ3n) is 3.22. The van der Waals surface area contributed by atoms with Crippen LogP contribution in [-0.2, 0) is 14.8 Å². The molecule has 2 aromatic carbocycles. The molecular formula is C16H17ClN2O3S. The monoisotopic (exact) mass is 352 g/mol. The third-order valence-corrected chi connectivity index (χ3v) is 5.13. The zero-order chi connectivity index (χ0) is 16.9. The van der Waals surface area contributed by atoms with E-state index in [1.165, 1.54) is 17.0 Å². The number of hydrogen-bond donors (Lipinski definition) is 1. The van der Waals surface area contributed by atoms with E-state index in [-0.39, 0.29) is 22.4 Å². The molecule has 0 saturated heterocycles. The summed E-state index contributed by atoms with van der Waals surface area (Å²) < 4.78 is 26.8. The first-order valence-corrected chi connectivity index (χ1v) is 8.91. The van der Waals surface area contributed by atoms with E-state index in [0.717, 1.165) is 5.69 Å². The van der Waals surface area contributed by atoms with Gasteiger partial charge in [0.05, 0.1) is 11.6 Å². The summed E-state index contributed by atoms with van der Waals surface area (Å²) in [5, 5.41) is 0.114. The molecule has 0 aliphatic heterocycles. The van der Waals surface area contributed by atoms with Gasteiger partial charge in [-0.2, -0.15) is 0 Å². The quantitative estimate of drug-likeness (QED) is 0.869. The largest absolute Gasteiger partial charge is 0.312 e. The van der Waals surface area contributed by atoms with E-state index in [4.69, 9.17) is 11.6 Å². The first kappa shape index (κ1) is 17.5. The first-order chi connectivity index (χ1) is 11.0. The Labute approximate surface area is 140 Å². The van der Waals surface area contributed by atoms with Gasteiger partial charge < -0.3 is 4.90 Å². The zero-order valence-electron chi connectivity index (χ0n) is 12.6. The number of rotatable bonds is 6. The number of hydrogen-bond acceptors (Lipinski definition) is 3. The number of anilines is 1. The van der Waals surface area contributed by atoms with Crippen molar-refractivity contribution in [2.75, 3.05) is 18.0 Å². The summed E-state index contributed by atoms with van der Waals surface area (Å²) >= 11 is 5.90. The van der Waals surface area contributed by atoms with Crippen LogP contribution < -0.4 is 9.62 Å². The van der Waals surface area contributed by atoms with Crippen molar-refractivity contribution in [2.45, 2.75) is 11.8 Å². The second-order valence-electron chi connectivity index (χ2n) is 4.73. The SMILES string of the molecule is CCN(C(=O)CNS(=O)(=O)c1ccccc1Cl)c1ccccc1. The van der Waals surface area contributed by atoms with Crippen LogP contribution in [0.15, 0.2) is 59.5 Å². The van der Waals surface area contributed by atoms with Gasteiger partial charge >= 0.3 is 0 Å². The highest BCUT2D eigenvalue weighted by Gasteiger charge is 2.20. The van der Waals surface area contributed by atoms with E-state index in [1.807, 2.05) is 25.1 Å². The molecule has 0 unspecified atom stereocenters. The normalized spacial score (nSPS) is 11.2. The molecule has 0 aliphatic carbocycles. The lowest BCUT2D eigenvalue weighted by Gasteiger charge is -2.21. The molecule has 0 fully saturated rings. The molecule has 1 N–H and O–H groups in total. The van der Waals surface area contributed by atoms with Crippen LogP contribution >= 0.6 is 11.6 Å². The molecule has 2 aromatic rings. The molecular weight excluding hydrogens is 336 g/mol. The van der Waals surface area contributed by atoms with E-state index in [0.29, 0.717) is 6.54 Å². The predicted molar refractivity (Wildman–Crippen MR) is 91.1 cm³/mol. The highest BCUT2D eigenvalue weighted by atomic mass is 35.5. The Balaban J connectivity index is 2.10. The predicted octanol–water partition coefficient (Wildman–Crippen LogP) is 2.67. The van der Waals surface area contributed by atoms with Crippen molar-refractivity contribution in [1.29, 1.82) is 0 Å². The molecule has 122 valence electrons. The summed E-state index contributed by atoms with van der Waals surface area (Å²) in [6.07, 6.45) is 0. The van der Waals surface area contributed by atoms with E-state index >= 15 is 0 Å². The highest BCUT2D eigenvalue weighted by molar-refractivity contribution is 7.89. The lowest BCUT2D eigenvalue weighted by molar-refractivity contribution is -0.117. The summed E-state index contributed by atoms with van der Waals surface area (Å²) in [5.41, 5.74) is 0.719. The zero-order valence-corrected chi connectivity index (χ0v) is 14.1. The van der Waals surface area contributed by atoms with Crippen molar-refractivity contribution in [3.8, 4) is 0 Å².